The van der Waals surface area contributed by atoms with E-state index in [1.54, 1.807) is 45.9 Å². The van der Waals surface area contributed by atoms with E-state index >= 15 is 0 Å². The van der Waals surface area contributed by atoms with Crippen LogP contribution in [-0.4, -0.2) is 63.8 Å². The third-order valence-electron chi connectivity index (χ3n) is 6.52. The number of benzene rings is 1. The van der Waals surface area contributed by atoms with Gasteiger partial charge in [-0.3, -0.25) is 14.4 Å². The molecule has 0 radical (unpaired) electrons. The zero-order chi connectivity index (χ0) is 26.7. The van der Waals surface area contributed by atoms with Crippen molar-refractivity contribution in [3.05, 3.63) is 57.7 Å². The molecule has 35 heavy (non-hydrogen) atoms. The zero-order valence-electron chi connectivity index (χ0n) is 21.2. The van der Waals surface area contributed by atoms with Crippen LogP contribution < -0.4 is 5.32 Å². The van der Waals surface area contributed by atoms with Crippen LogP contribution in [-0.2, 0) is 14.2 Å². The normalized spacial score (nSPS) is 19.9. The summed E-state index contributed by atoms with van der Waals surface area (Å²) in [6.45, 7) is 8.29. The molecule has 1 aliphatic carbocycles. The van der Waals surface area contributed by atoms with Crippen LogP contribution in [0.3, 0.4) is 0 Å². The van der Waals surface area contributed by atoms with Crippen molar-refractivity contribution < 1.29 is 34.3 Å². The van der Waals surface area contributed by atoms with Crippen LogP contribution in [0.2, 0.25) is 0 Å². The highest BCUT2D eigenvalue weighted by Gasteiger charge is 2.48. The molecule has 0 saturated carbocycles. The first-order valence-corrected chi connectivity index (χ1v) is 13.4. The van der Waals surface area contributed by atoms with E-state index in [2.05, 4.69) is 5.32 Å². The predicted molar refractivity (Wildman–Crippen MR) is 135 cm³/mol. The highest BCUT2D eigenvalue weighted by Crippen LogP contribution is 2.55. The van der Waals surface area contributed by atoms with Gasteiger partial charge in [-0.15, -0.1) is 0 Å². The number of hydrogen-bond donors (Lipinski definition) is 4. The third-order valence-corrected chi connectivity index (χ3v) is 9.12. The van der Waals surface area contributed by atoms with Crippen molar-refractivity contribution in [2.24, 2.45) is 11.8 Å². The lowest BCUT2D eigenvalue weighted by Crippen LogP contribution is -2.57. The summed E-state index contributed by atoms with van der Waals surface area (Å²) >= 11 is 0. The van der Waals surface area contributed by atoms with Crippen LogP contribution in [0.15, 0.2) is 35.4 Å². The number of aliphatic hydroxyl groups is 3. The Morgan fingerprint density at radius 1 is 0.971 bits per heavy atom. The maximum atomic E-state index is 14.4. The first-order chi connectivity index (χ1) is 16.2. The molecule has 9 heteroatoms. The average molecular weight is 506 g/mol. The highest BCUT2D eigenvalue weighted by atomic mass is 31.2. The van der Waals surface area contributed by atoms with E-state index in [1.807, 2.05) is 19.9 Å². The van der Waals surface area contributed by atoms with Crippen LogP contribution in [0.4, 0.5) is 0 Å². The summed E-state index contributed by atoms with van der Waals surface area (Å²) in [4.78, 5) is 40.7. The van der Waals surface area contributed by atoms with Gasteiger partial charge in [-0.1, -0.05) is 47.9 Å². The summed E-state index contributed by atoms with van der Waals surface area (Å²) in [5.74, 6) is -2.15. The van der Waals surface area contributed by atoms with Gasteiger partial charge in [0, 0.05) is 5.56 Å². The molecule has 1 amide bonds. The van der Waals surface area contributed by atoms with Gasteiger partial charge in [0.2, 0.25) is 24.1 Å². The van der Waals surface area contributed by atoms with E-state index in [0.717, 1.165) is 11.1 Å². The third kappa shape index (κ3) is 5.89. The molecule has 8 nitrogen and oxygen atoms in total. The van der Waals surface area contributed by atoms with Crippen molar-refractivity contribution in [2.45, 2.75) is 47.1 Å². The van der Waals surface area contributed by atoms with Crippen molar-refractivity contribution in [3.63, 3.8) is 0 Å². The molecule has 0 aliphatic heterocycles. The standard InChI is InChI=1S/C26H36NO7P/c1-15-7-17(3)22(18(4)8-15)24(32)35(34,11-21(31)27-26(12-28,13-29)14-30)25(33)23-19(5)9-16(2)10-20(23)6/h7-10,17,22,28-30H,11-14H2,1-6H3,(H,27,31). The average Bonchev–Trinajstić information content (AvgIpc) is 2.75. The smallest absolute Gasteiger partial charge is 0.229 e. The largest absolute Gasteiger partial charge is 0.394 e. The van der Waals surface area contributed by atoms with Crippen molar-refractivity contribution in [2.75, 3.05) is 26.0 Å². The summed E-state index contributed by atoms with van der Waals surface area (Å²) in [7, 11) is -4.53. The fourth-order valence-corrected chi connectivity index (χ4v) is 7.41. The molecule has 0 spiro atoms. The summed E-state index contributed by atoms with van der Waals surface area (Å²) in [6.07, 6.45) is 2.73. The maximum Gasteiger partial charge on any atom is 0.229 e. The summed E-state index contributed by atoms with van der Waals surface area (Å²) < 4.78 is 14.4. The number of aryl methyl sites for hydroxylation is 3. The second kappa shape index (κ2) is 11.1. The fraction of sp³-hybridized carbons (Fsp3) is 0.500. The second-order valence-corrected chi connectivity index (χ2v) is 12.4. The highest BCUT2D eigenvalue weighted by molar-refractivity contribution is 7.95. The number of allylic oxidation sites excluding steroid dienone is 4. The van der Waals surface area contributed by atoms with Crippen molar-refractivity contribution in [3.8, 4) is 0 Å². The molecule has 1 aromatic carbocycles. The van der Waals surface area contributed by atoms with Crippen LogP contribution >= 0.6 is 7.14 Å². The van der Waals surface area contributed by atoms with Crippen molar-refractivity contribution in [1.29, 1.82) is 0 Å². The molecule has 192 valence electrons. The molecule has 0 heterocycles. The molecule has 0 aromatic heterocycles. The molecular weight excluding hydrogens is 469 g/mol. The van der Waals surface area contributed by atoms with E-state index in [9.17, 15) is 34.3 Å². The molecule has 2 rings (SSSR count). The molecule has 0 fully saturated rings. The predicted octanol–water partition coefficient (Wildman–Crippen LogP) is 2.63. The Morgan fingerprint density at radius 3 is 1.94 bits per heavy atom. The monoisotopic (exact) mass is 505 g/mol. The Hall–Kier alpha value is -2.38. The molecule has 1 aliphatic rings. The lowest BCUT2D eigenvalue weighted by Gasteiger charge is -2.31. The Labute approximate surface area is 206 Å². The Balaban J connectivity index is 2.61. The number of rotatable bonds is 10. The summed E-state index contributed by atoms with van der Waals surface area (Å²) in [5.41, 5.74) is 0.282. The van der Waals surface area contributed by atoms with Gasteiger partial charge in [-0.25, -0.2) is 0 Å². The Kier molecular flexibility index (Phi) is 9.17. The number of carbonyl (C=O) groups is 3. The van der Waals surface area contributed by atoms with Gasteiger partial charge in [-0.05, 0) is 51.7 Å². The van der Waals surface area contributed by atoms with Crippen molar-refractivity contribution >= 4 is 24.1 Å². The van der Waals surface area contributed by atoms with E-state index in [1.165, 1.54) is 0 Å². The molecule has 3 unspecified atom stereocenters. The minimum absolute atomic E-state index is 0.148. The minimum atomic E-state index is -4.53. The summed E-state index contributed by atoms with van der Waals surface area (Å²) in [6, 6.07) is 3.51. The quantitative estimate of drug-likeness (QED) is 0.358. The van der Waals surface area contributed by atoms with Gasteiger partial charge in [0.1, 0.15) is 5.54 Å². The van der Waals surface area contributed by atoms with Gasteiger partial charge in [0.15, 0.2) is 0 Å². The Bertz CT molecular complexity index is 1100. The number of hydrogen-bond acceptors (Lipinski definition) is 7. The van der Waals surface area contributed by atoms with Crippen molar-refractivity contribution in [1.82, 2.24) is 5.32 Å². The van der Waals surface area contributed by atoms with Gasteiger partial charge < -0.3 is 25.2 Å². The number of carbonyl (C=O) groups excluding carboxylic acids is 3. The SMILES string of the molecule is CC1=CC(C)C(C(=O)P(=O)(CC(=O)NC(CO)(CO)CO)C(=O)c2c(C)cc(C)cc2C)C(C)=C1. The van der Waals surface area contributed by atoms with Crippen LogP contribution in [0, 0.1) is 32.6 Å². The molecular formula is C26H36NO7P. The van der Waals surface area contributed by atoms with Crippen LogP contribution in [0.5, 0.6) is 0 Å². The van der Waals surface area contributed by atoms with E-state index in [-0.39, 0.29) is 11.5 Å². The first kappa shape index (κ1) is 28.9. The topological polar surface area (TPSA) is 141 Å². The van der Waals surface area contributed by atoms with Gasteiger partial charge >= 0.3 is 0 Å². The first-order valence-electron chi connectivity index (χ1n) is 11.5. The second-order valence-electron chi connectivity index (χ2n) is 9.75. The van der Waals surface area contributed by atoms with Gasteiger partial charge in [0.25, 0.3) is 0 Å². The lowest BCUT2D eigenvalue weighted by atomic mass is 9.83. The molecule has 3 atom stereocenters. The van der Waals surface area contributed by atoms with Gasteiger partial charge in [-0.2, -0.15) is 0 Å². The van der Waals surface area contributed by atoms with Gasteiger partial charge in [0.05, 0.1) is 31.9 Å². The van der Waals surface area contributed by atoms with E-state index in [0.29, 0.717) is 16.7 Å². The van der Waals surface area contributed by atoms with Crippen LogP contribution in [0.25, 0.3) is 0 Å². The zero-order valence-corrected chi connectivity index (χ0v) is 22.1. The molecule has 4 N–H and O–H groups in total. The minimum Gasteiger partial charge on any atom is -0.394 e. The lowest BCUT2D eigenvalue weighted by molar-refractivity contribution is -0.123. The molecule has 1 aromatic rings. The Morgan fingerprint density at radius 2 is 1.49 bits per heavy atom. The van der Waals surface area contributed by atoms with Crippen LogP contribution in [0.1, 0.15) is 47.8 Å². The summed E-state index contributed by atoms with van der Waals surface area (Å²) in [5, 5.41) is 31.0. The molecule has 0 bridgehead atoms. The molecule has 0 saturated heterocycles. The fourth-order valence-electron chi connectivity index (χ4n) is 4.82. The van der Waals surface area contributed by atoms with E-state index in [4.69, 9.17) is 0 Å². The number of aliphatic hydroxyl groups excluding tert-OH is 3. The number of amides is 1. The maximum absolute atomic E-state index is 14.4. The van der Waals surface area contributed by atoms with E-state index < -0.39 is 61.5 Å². The number of nitrogens with one attached hydrogen (secondary N) is 1.